The largest absolute Gasteiger partial charge is 0.338 e. The molecule has 1 atom stereocenters. The summed E-state index contributed by atoms with van der Waals surface area (Å²) >= 11 is 5.94. The molecule has 0 radical (unpaired) electrons. The molecule has 1 unspecified atom stereocenters. The summed E-state index contributed by atoms with van der Waals surface area (Å²) in [7, 11) is 0. The van der Waals surface area contributed by atoms with E-state index in [1.54, 1.807) is 24.3 Å². The maximum Gasteiger partial charge on any atom is 0.273 e. The second-order valence-corrected chi connectivity index (χ2v) is 5.23. The highest BCUT2D eigenvalue weighted by molar-refractivity contribution is 6.30. The number of fused-ring (bicyclic) bond motifs is 1. The Labute approximate surface area is 129 Å². The molecule has 1 aromatic carbocycles. The third-order valence-electron chi connectivity index (χ3n) is 3.16. The molecule has 7 nitrogen and oxygen atoms in total. The second-order valence-electron chi connectivity index (χ2n) is 4.79. The number of rotatable bonds is 2. The van der Waals surface area contributed by atoms with Gasteiger partial charge in [-0.25, -0.2) is 9.66 Å². The van der Waals surface area contributed by atoms with Crippen molar-refractivity contribution in [3.8, 4) is 11.3 Å². The Kier molecular flexibility index (Phi) is 3.42. The molecule has 0 saturated heterocycles. The van der Waals surface area contributed by atoms with Crippen molar-refractivity contribution in [2.75, 3.05) is 5.43 Å². The molecule has 8 heteroatoms. The van der Waals surface area contributed by atoms with E-state index in [1.807, 2.05) is 0 Å². The van der Waals surface area contributed by atoms with Crippen LogP contribution in [-0.2, 0) is 9.59 Å². The van der Waals surface area contributed by atoms with Crippen LogP contribution < -0.4 is 16.3 Å². The van der Waals surface area contributed by atoms with E-state index in [4.69, 9.17) is 11.6 Å². The van der Waals surface area contributed by atoms with E-state index < -0.39 is 23.4 Å². The van der Waals surface area contributed by atoms with Crippen molar-refractivity contribution in [1.82, 2.24) is 15.0 Å². The van der Waals surface area contributed by atoms with Gasteiger partial charge in [0.15, 0.2) is 11.9 Å². The van der Waals surface area contributed by atoms with E-state index in [-0.39, 0.29) is 5.82 Å². The molecule has 2 amide bonds. The average molecular weight is 319 g/mol. The fraction of sp³-hybridized carbons (Fsp3) is 0.143. The van der Waals surface area contributed by atoms with Crippen molar-refractivity contribution >= 4 is 23.4 Å². The molecular formula is C14H11ClN4O3. The molecule has 0 fully saturated rings. The molecule has 3 rings (SSSR count). The number of halogens is 1. The van der Waals surface area contributed by atoms with Gasteiger partial charge >= 0.3 is 0 Å². The monoisotopic (exact) mass is 318 g/mol. The molecule has 2 aromatic rings. The minimum atomic E-state index is -0.996. The number of hydrogen-bond acceptors (Lipinski definition) is 4. The van der Waals surface area contributed by atoms with Crippen LogP contribution in [-0.4, -0.2) is 21.5 Å². The van der Waals surface area contributed by atoms with Crippen molar-refractivity contribution in [2.24, 2.45) is 0 Å². The number of carbonyl (C=O) groups is 2. The molecular weight excluding hydrogens is 308 g/mol. The van der Waals surface area contributed by atoms with Gasteiger partial charge in [0.1, 0.15) is 0 Å². The SMILES string of the molecule is CC(=O)NC1C(=O)Nn2c1nc(-c1cccc(Cl)c1)cc2=O. The highest BCUT2D eigenvalue weighted by Gasteiger charge is 2.34. The molecule has 0 saturated carbocycles. The first-order chi connectivity index (χ1) is 10.5. The van der Waals surface area contributed by atoms with Crippen molar-refractivity contribution in [3.63, 3.8) is 0 Å². The van der Waals surface area contributed by atoms with Gasteiger partial charge in [0.2, 0.25) is 5.91 Å². The minimum Gasteiger partial charge on any atom is -0.338 e. The predicted molar refractivity (Wildman–Crippen MR) is 79.9 cm³/mol. The first kappa shape index (κ1) is 14.3. The molecule has 1 aliphatic heterocycles. The number of nitrogens with zero attached hydrogens (tertiary/aromatic N) is 2. The Morgan fingerprint density at radius 1 is 1.36 bits per heavy atom. The molecule has 0 spiro atoms. The zero-order chi connectivity index (χ0) is 15.9. The van der Waals surface area contributed by atoms with Gasteiger partial charge in [-0.15, -0.1) is 0 Å². The van der Waals surface area contributed by atoms with E-state index in [0.717, 1.165) is 4.68 Å². The molecule has 1 aliphatic rings. The third kappa shape index (κ3) is 2.46. The summed E-state index contributed by atoms with van der Waals surface area (Å²) in [6.45, 7) is 1.29. The molecule has 0 bridgehead atoms. The predicted octanol–water partition coefficient (Wildman–Crippen LogP) is 0.825. The third-order valence-corrected chi connectivity index (χ3v) is 3.39. The lowest BCUT2D eigenvalue weighted by Crippen LogP contribution is -2.31. The summed E-state index contributed by atoms with van der Waals surface area (Å²) in [6, 6.07) is 7.16. The van der Waals surface area contributed by atoms with E-state index in [9.17, 15) is 14.4 Å². The van der Waals surface area contributed by atoms with Gasteiger partial charge in [-0.2, -0.15) is 0 Å². The highest BCUT2D eigenvalue weighted by Crippen LogP contribution is 2.23. The molecule has 0 aliphatic carbocycles. The maximum absolute atomic E-state index is 12.1. The Morgan fingerprint density at radius 3 is 2.82 bits per heavy atom. The molecule has 1 aromatic heterocycles. The number of nitrogens with one attached hydrogen (secondary N) is 2. The number of benzene rings is 1. The van der Waals surface area contributed by atoms with Crippen molar-refractivity contribution in [3.05, 3.63) is 51.5 Å². The van der Waals surface area contributed by atoms with Crippen LogP contribution in [0.4, 0.5) is 0 Å². The summed E-state index contributed by atoms with van der Waals surface area (Å²) in [5.74, 6) is -0.762. The maximum atomic E-state index is 12.1. The van der Waals surface area contributed by atoms with Gasteiger partial charge < -0.3 is 5.32 Å². The van der Waals surface area contributed by atoms with Gasteiger partial charge in [-0.1, -0.05) is 23.7 Å². The van der Waals surface area contributed by atoms with E-state index in [2.05, 4.69) is 15.7 Å². The fourth-order valence-electron chi connectivity index (χ4n) is 2.23. The van der Waals surface area contributed by atoms with Crippen LogP contribution in [0.3, 0.4) is 0 Å². The summed E-state index contributed by atoms with van der Waals surface area (Å²) in [4.78, 5) is 39.5. The average Bonchev–Trinajstić information content (AvgIpc) is 2.76. The van der Waals surface area contributed by atoms with Crippen LogP contribution in [0.25, 0.3) is 11.3 Å². The Balaban J connectivity index is 2.13. The Bertz CT molecular complexity index is 846. The lowest BCUT2D eigenvalue weighted by molar-refractivity contribution is -0.125. The number of carbonyl (C=O) groups excluding carboxylic acids is 2. The van der Waals surface area contributed by atoms with E-state index in [0.29, 0.717) is 16.3 Å². The van der Waals surface area contributed by atoms with Crippen LogP contribution in [0.1, 0.15) is 18.8 Å². The van der Waals surface area contributed by atoms with E-state index in [1.165, 1.54) is 13.0 Å². The second kappa shape index (κ2) is 5.27. The number of aromatic nitrogens is 2. The van der Waals surface area contributed by atoms with Gasteiger partial charge in [0.05, 0.1) is 5.69 Å². The number of hydrogen-bond donors (Lipinski definition) is 2. The Hall–Kier alpha value is -2.67. The van der Waals surface area contributed by atoms with Crippen LogP contribution in [0.5, 0.6) is 0 Å². The van der Waals surface area contributed by atoms with Gasteiger partial charge in [0.25, 0.3) is 11.5 Å². The van der Waals surface area contributed by atoms with Crippen LogP contribution in [0.15, 0.2) is 35.1 Å². The highest BCUT2D eigenvalue weighted by atomic mass is 35.5. The summed E-state index contributed by atoms with van der Waals surface area (Å²) < 4.78 is 1.02. The zero-order valence-corrected chi connectivity index (χ0v) is 12.2. The molecule has 2 N–H and O–H groups in total. The van der Waals surface area contributed by atoms with Gasteiger partial charge in [0, 0.05) is 23.6 Å². The number of amides is 2. The minimum absolute atomic E-state index is 0.141. The molecule has 112 valence electrons. The van der Waals surface area contributed by atoms with Gasteiger partial charge in [-0.05, 0) is 12.1 Å². The van der Waals surface area contributed by atoms with Crippen LogP contribution >= 0.6 is 11.6 Å². The quantitative estimate of drug-likeness (QED) is 0.857. The van der Waals surface area contributed by atoms with Crippen molar-refractivity contribution in [1.29, 1.82) is 0 Å². The zero-order valence-electron chi connectivity index (χ0n) is 11.5. The van der Waals surface area contributed by atoms with Crippen LogP contribution in [0, 0.1) is 0 Å². The first-order valence-corrected chi connectivity index (χ1v) is 6.81. The molecule has 22 heavy (non-hydrogen) atoms. The molecule has 2 heterocycles. The van der Waals surface area contributed by atoms with Crippen LogP contribution in [0.2, 0.25) is 5.02 Å². The first-order valence-electron chi connectivity index (χ1n) is 6.43. The van der Waals surface area contributed by atoms with E-state index >= 15 is 0 Å². The van der Waals surface area contributed by atoms with Gasteiger partial charge in [-0.3, -0.25) is 19.8 Å². The Morgan fingerprint density at radius 2 is 2.14 bits per heavy atom. The summed E-state index contributed by atoms with van der Waals surface area (Å²) in [5.41, 5.74) is 2.96. The lowest BCUT2D eigenvalue weighted by Gasteiger charge is -2.09. The summed E-state index contributed by atoms with van der Waals surface area (Å²) in [6.07, 6.45) is 0. The fourth-order valence-corrected chi connectivity index (χ4v) is 2.42. The van der Waals surface area contributed by atoms with Crippen molar-refractivity contribution in [2.45, 2.75) is 13.0 Å². The normalized spacial score (nSPS) is 16.1. The topological polar surface area (TPSA) is 93.1 Å². The summed E-state index contributed by atoms with van der Waals surface area (Å²) in [5, 5.41) is 2.97. The lowest BCUT2D eigenvalue weighted by atomic mass is 10.1. The smallest absolute Gasteiger partial charge is 0.273 e. The van der Waals surface area contributed by atoms with Crippen molar-refractivity contribution < 1.29 is 9.59 Å². The standard InChI is InChI=1S/C14H11ClN4O3/c1-7(20)16-12-13-17-10(8-3-2-4-9(15)5-8)6-11(21)19(13)18-14(12)22/h2-6,12H,1H3,(H,16,20)(H,18,22).